The molecule has 0 bridgehead atoms. The smallest absolute Gasteiger partial charge is 0.264 e. The van der Waals surface area contributed by atoms with E-state index in [1.807, 2.05) is 6.92 Å². The first kappa shape index (κ1) is 22.2. The maximum atomic E-state index is 13.5. The van der Waals surface area contributed by atoms with Crippen molar-refractivity contribution in [3.05, 3.63) is 54.6 Å². The Balaban J connectivity index is 1.91. The fourth-order valence-corrected chi connectivity index (χ4v) is 5.24. The van der Waals surface area contributed by atoms with Gasteiger partial charge in [0.1, 0.15) is 12.3 Å². The van der Waals surface area contributed by atoms with Crippen molar-refractivity contribution in [1.82, 2.24) is 5.32 Å². The van der Waals surface area contributed by atoms with Crippen LogP contribution in [0.1, 0.15) is 45.4 Å². The predicted molar refractivity (Wildman–Crippen MR) is 118 cm³/mol. The van der Waals surface area contributed by atoms with Crippen molar-refractivity contribution in [1.29, 1.82) is 0 Å². The molecule has 0 aliphatic heterocycles. The quantitative estimate of drug-likeness (QED) is 0.639. The molecule has 1 saturated carbocycles. The average molecular weight is 431 g/mol. The summed E-state index contributed by atoms with van der Waals surface area (Å²) in [5.41, 5.74) is 0.360. The molecule has 1 aliphatic rings. The highest BCUT2D eigenvalue weighted by atomic mass is 32.2. The molecule has 6 nitrogen and oxygen atoms in total. The second-order valence-corrected chi connectivity index (χ2v) is 9.34. The fraction of sp³-hybridized carbons (Fsp3) is 0.435. The molecule has 2 aromatic carbocycles. The van der Waals surface area contributed by atoms with E-state index in [0.29, 0.717) is 18.0 Å². The van der Waals surface area contributed by atoms with Gasteiger partial charge in [0.2, 0.25) is 5.91 Å². The molecule has 0 atom stereocenters. The van der Waals surface area contributed by atoms with Gasteiger partial charge in [-0.2, -0.15) is 0 Å². The van der Waals surface area contributed by atoms with E-state index < -0.39 is 10.0 Å². The average Bonchev–Trinajstić information content (AvgIpc) is 3.02. The van der Waals surface area contributed by atoms with E-state index in [4.69, 9.17) is 4.74 Å². The number of carbonyl (C=O) groups is 1. The van der Waals surface area contributed by atoms with E-state index in [2.05, 4.69) is 5.32 Å². The molecule has 0 aromatic heterocycles. The van der Waals surface area contributed by atoms with E-state index in [-0.39, 0.29) is 23.4 Å². The van der Waals surface area contributed by atoms with E-state index >= 15 is 0 Å². The standard InChI is InChI=1S/C23H30N2O4S/c1-2-29-22-17-11-10-16-21(22)25(30(27,28)20-14-8-5-9-15-20)18-23(26)24-19-12-6-3-4-7-13-19/h5,8-11,14-17,19H,2-4,6-7,12-13,18H2,1H3,(H,24,26). The molecule has 2 aromatic rings. The maximum Gasteiger partial charge on any atom is 0.264 e. The summed E-state index contributed by atoms with van der Waals surface area (Å²) in [4.78, 5) is 13.0. The summed E-state index contributed by atoms with van der Waals surface area (Å²) in [6.07, 6.45) is 6.42. The summed E-state index contributed by atoms with van der Waals surface area (Å²) in [5.74, 6) is 0.134. The first-order valence-corrected chi connectivity index (χ1v) is 12.1. The third-order valence-corrected chi connectivity index (χ3v) is 7.05. The number of anilines is 1. The van der Waals surface area contributed by atoms with Gasteiger partial charge in [-0.05, 0) is 44.0 Å². The predicted octanol–water partition coefficient (Wildman–Crippen LogP) is 4.12. The van der Waals surface area contributed by atoms with E-state index in [9.17, 15) is 13.2 Å². The van der Waals surface area contributed by atoms with Crippen molar-refractivity contribution >= 4 is 21.6 Å². The molecule has 0 radical (unpaired) electrons. The second-order valence-electron chi connectivity index (χ2n) is 7.48. The Morgan fingerprint density at radius 1 is 1.00 bits per heavy atom. The summed E-state index contributed by atoms with van der Waals surface area (Å²) >= 11 is 0. The lowest BCUT2D eigenvalue weighted by Gasteiger charge is -2.27. The third kappa shape index (κ3) is 5.53. The number of sulfonamides is 1. The maximum absolute atomic E-state index is 13.5. The monoisotopic (exact) mass is 430 g/mol. The minimum absolute atomic E-state index is 0.100. The number of amides is 1. The Hall–Kier alpha value is -2.54. The normalized spacial score (nSPS) is 15.2. The van der Waals surface area contributed by atoms with Crippen molar-refractivity contribution in [2.75, 3.05) is 17.5 Å². The Labute approximate surface area is 179 Å². The van der Waals surface area contributed by atoms with Gasteiger partial charge in [0, 0.05) is 6.04 Å². The minimum Gasteiger partial charge on any atom is -0.492 e. The van der Waals surface area contributed by atoms with Crippen LogP contribution in [0.4, 0.5) is 5.69 Å². The van der Waals surface area contributed by atoms with E-state index in [0.717, 1.165) is 30.0 Å². The number of carbonyl (C=O) groups excluding carboxylic acids is 1. The summed E-state index contributed by atoms with van der Waals surface area (Å²) in [6, 6.07) is 15.2. The van der Waals surface area contributed by atoms with Gasteiger partial charge in [-0.25, -0.2) is 8.42 Å². The zero-order valence-corrected chi connectivity index (χ0v) is 18.2. The largest absolute Gasteiger partial charge is 0.492 e. The number of hydrogen-bond acceptors (Lipinski definition) is 4. The van der Waals surface area contributed by atoms with Crippen molar-refractivity contribution in [2.24, 2.45) is 0 Å². The lowest BCUT2D eigenvalue weighted by atomic mass is 10.1. The second kappa shape index (κ2) is 10.5. The van der Waals surface area contributed by atoms with Gasteiger partial charge >= 0.3 is 0 Å². The van der Waals surface area contributed by atoms with Gasteiger partial charge in [-0.3, -0.25) is 9.10 Å². The highest BCUT2D eigenvalue weighted by Crippen LogP contribution is 2.32. The van der Waals surface area contributed by atoms with Crippen LogP contribution < -0.4 is 14.4 Å². The summed E-state index contributed by atoms with van der Waals surface area (Å²) in [6.45, 7) is 1.94. The Kier molecular flexibility index (Phi) is 7.74. The molecule has 1 aliphatic carbocycles. The van der Waals surface area contributed by atoms with Gasteiger partial charge in [-0.1, -0.05) is 56.0 Å². The number of rotatable bonds is 8. The topological polar surface area (TPSA) is 75.7 Å². The van der Waals surface area contributed by atoms with Crippen LogP contribution in [0.3, 0.4) is 0 Å². The Bertz CT molecular complexity index is 923. The molecule has 1 amide bonds. The molecular formula is C23H30N2O4S. The van der Waals surface area contributed by atoms with Crippen molar-refractivity contribution < 1.29 is 17.9 Å². The number of nitrogens with zero attached hydrogens (tertiary/aromatic N) is 1. The van der Waals surface area contributed by atoms with Gasteiger partial charge in [-0.15, -0.1) is 0 Å². The first-order chi connectivity index (χ1) is 14.5. The van der Waals surface area contributed by atoms with Crippen molar-refractivity contribution in [2.45, 2.75) is 56.4 Å². The number of hydrogen-bond donors (Lipinski definition) is 1. The van der Waals surface area contributed by atoms with Crippen LogP contribution in [0.5, 0.6) is 5.75 Å². The Morgan fingerprint density at radius 3 is 2.30 bits per heavy atom. The first-order valence-electron chi connectivity index (χ1n) is 10.6. The van der Waals surface area contributed by atoms with Crippen LogP contribution in [-0.2, 0) is 14.8 Å². The fourth-order valence-electron chi connectivity index (χ4n) is 3.79. The molecule has 0 spiro atoms. The van der Waals surface area contributed by atoms with Crippen molar-refractivity contribution in [3.63, 3.8) is 0 Å². The van der Waals surface area contributed by atoms with Crippen LogP contribution in [0.2, 0.25) is 0 Å². The van der Waals surface area contributed by atoms with Gasteiger partial charge in [0.25, 0.3) is 10.0 Å². The van der Waals surface area contributed by atoms with Crippen LogP contribution in [-0.4, -0.2) is 33.5 Å². The third-order valence-electron chi connectivity index (χ3n) is 5.27. The van der Waals surface area contributed by atoms with Crippen LogP contribution in [0.15, 0.2) is 59.5 Å². The van der Waals surface area contributed by atoms with E-state index in [1.54, 1.807) is 42.5 Å². The number of para-hydroxylation sites is 2. The molecular weight excluding hydrogens is 400 g/mol. The molecule has 7 heteroatoms. The highest BCUT2D eigenvalue weighted by Gasteiger charge is 2.30. The minimum atomic E-state index is -3.95. The molecule has 1 fully saturated rings. The summed E-state index contributed by atoms with van der Waals surface area (Å²) in [5, 5.41) is 3.05. The van der Waals surface area contributed by atoms with Gasteiger partial charge in [0.15, 0.2) is 0 Å². The van der Waals surface area contributed by atoms with Crippen LogP contribution in [0.25, 0.3) is 0 Å². The summed E-state index contributed by atoms with van der Waals surface area (Å²) in [7, 11) is -3.95. The lowest BCUT2D eigenvalue weighted by molar-refractivity contribution is -0.120. The highest BCUT2D eigenvalue weighted by molar-refractivity contribution is 7.92. The van der Waals surface area contributed by atoms with Gasteiger partial charge in [0.05, 0.1) is 17.2 Å². The lowest BCUT2D eigenvalue weighted by Crippen LogP contribution is -2.44. The van der Waals surface area contributed by atoms with Crippen molar-refractivity contribution in [3.8, 4) is 5.75 Å². The number of nitrogens with one attached hydrogen (secondary N) is 1. The molecule has 30 heavy (non-hydrogen) atoms. The van der Waals surface area contributed by atoms with Crippen LogP contribution in [0, 0.1) is 0 Å². The number of ether oxygens (including phenoxy) is 1. The molecule has 0 saturated heterocycles. The molecule has 162 valence electrons. The molecule has 0 unspecified atom stereocenters. The zero-order chi connectivity index (χ0) is 21.4. The van der Waals surface area contributed by atoms with Gasteiger partial charge < -0.3 is 10.1 Å². The Morgan fingerprint density at radius 2 is 1.63 bits per heavy atom. The number of benzene rings is 2. The summed E-state index contributed by atoms with van der Waals surface area (Å²) < 4.78 is 33.7. The molecule has 1 N–H and O–H groups in total. The zero-order valence-electron chi connectivity index (χ0n) is 17.4. The SMILES string of the molecule is CCOc1ccccc1N(CC(=O)NC1CCCCCC1)S(=O)(=O)c1ccccc1. The molecule has 0 heterocycles. The van der Waals surface area contributed by atoms with Crippen LogP contribution >= 0.6 is 0 Å². The van der Waals surface area contributed by atoms with E-state index in [1.165, 1.54) is 25.0 Å². The molecule has 3 rings (SSSR count).